The van der Waals surface area contributed by atoms with Gasteiger partial charge in [0.1, 0.15) is 0 Å². The highest BCUT2D eigenvalue weighted by Crippen LogP contribution is 2.29. The fourth-order valence-electron chi connectivity index (χ4n) is 4.23. The van der Waals surface area contributed by atoms with Gasteiger partial charge in [-0.2, -0.15) is 0 Å². The van der Waals surface area contributed by atoms with Crippen molar-refractivity contribution < 1.29 is 19.1 Å². The molecule has 2 amide bonds. The Labute approximate surface area is 186 Å². The summed E-state index contributed by atoms with van der Waals surface area (Å²) in [5, 5.41) is 0. The van der Waals surface area contributed by atoms with Crippen LogP contribution in [0.5, 0.6) is 11.5 Å². The largest absolute Gasteiger partial charge is 0.493 e. The molecule has 6 nitrogen and oxygen atoms in total. The molecule has 0 unspecified atom stereocenters. The Balaban J connectivity index is 1.50. The number of ether oxygens (including phenoxy) is 2. The van der Waals surface area contributed by atoms with Crippen LogP contribution in [0.4, 0.5) is 0 Å². The first-order valence-corrected chi connectivity index (χ1v) is 11.7. The Morgan fingerprint density at radius 1 is 1.03 bits per heavy atom. The molecule has 0 N–H and O–H groups in total. The summed E-state index contributed by atoms with van der Waals surface area (Å²) in [7, 11) is 1.62. The van der Waals surface area contributed by atoms with Gasteiger partial charge >= 0.3 is 0 Å². The van der Waals surface area contributed by atoms with Gasteiger partial charge in [-0.25, -0.2) is 0 Å². The first-order chi connectivity index (χ1) is 15.1. The molecular weight excluding hydrogens is 392 g/mol. The number of benzene rings is 1. The van der Waals surface area contributed by atoms with Crippen LogP contribution in [-0.4, -0.2) is 61.5 Å². The first kappa shape index (κ1) is 23.2. The van der Waals surface area contributed by atoms with Crippen LogP contribution in [0, 0.1) is 5.92 Å². The number of piperidine rings is 2. The van der Waals surface area contributed by atoms with Crippen LogP contribution in [-0.2, 0) is 9.59 Å². The van der Waals surface area contributed by atoms with E-state index in [-0.39, 0.29) is 17.7 Å². The zero-order valence-corrected chi connectivity index (χ0v) is 19.0. The van der Waals surface area contributed by atoms with Gasteiger partial charge < -0.3 is 19.3 Å². The normalized spacial score (nSPS) is 17.7. The van der Waals surface area contributed by atoms with E-state index in [1.165, 1.54) is 6.42 Å². The lowest BCUT2D eigenvalue weighted by atomic mass is 9.94. The average Bonchev–Trinajstić information content (AvgIpc) is 2.83. The molecule has 2 aliphatic rings. The van der Waals surface area contributed by atoms with Crippen molar-refractivity contribution in [1.82, 2.24) is 9.80 Å². The number of hydrogen-bond acceptors (Lipinski definition) is 4. The average molecular weight is 429 g/mol. The van der Waals surface area contributed by atoms with Crippen LogP contribution in [0.1, 0.15) is 57.4 Å². The van der Waals surface area contributed by atoms with Crippen molar-refractivity contribution >= 4 is 17.9 Å². The van der Waals surface area contributed by atoms with Gasteiger partial charge in [-0.05, 0) is 62.3 Å². The van der Waals surface area contributed by atoms with Gasteiger partial charge in [0.05, 0.1) is 13.7 Å². The highest BCUT2D eigenvalue weighted by Gasteiger charge is 2.30. The third-order valence-corrected chi connectivity index (χ3v) is 6.19. The maximum atomic E-state index is 12.7. The number of methoxy groups -OCH3 is 1. The number of carbonyl (C=O) groups excluding carboxylic acids is 2. The van der Waals surface area contributed by atoms with Gasteiger partial charge in [0.25, 0.3) is 0 Å². The van der Waals surface area contributed by atoms with E-state index in [0.29, 0.717) is 25.4 Å². The standard InChI is InChI=1S/C25H36N2O4/c1-3-4-18-31-22-10-8-20(19-23(22)30-2)9-11-24(28)26-16-12-21(13-17-26)25(29)27-14-6-5-7-15-27/h8-11,19,21H,3-7,12-18H2,1-2H3/b11-9+. The maximum absolute atomic E-state index is 12.7. The lowest BCUT2D eigenvalue weighted by Crippen LogP contribution is -2.45. The quantitative estimate of drug-likeness (QED) is 0.461. The predicted octanol–water partition coefficient (Wildman–Crippen LogP) is 4.14. The molecule has 0 spiro atoms. The van der Waals surface area contributed by atoms with Crippen molar-refractivity contribution in [3.05, 3.63) is 29.8 Å². The number of amides is 2. The van der Waals surface area contributed by atoms with Crippen molar-refractivity contribution in [3.8, 4) is 11.5 Å². The summed E-state index contributed by atoms with van der Waals surface area (Å²) in [5.74, 6) is 1.74. The van der Waals surface area contributed by atoms with Crippen LogP contribution in [0.15, 0.2) is 24.3 Å². The van der Waals surface area contributed by atoms with Gasteiger partial charge in [-0.1, -0.05) is 19.4 Å². The zero-order valence-electron chi connectivity index (χ0n) is 19.0. The summed E-state index contributed by atoms with van der Waals surface area (Å²) in [6, 6.07) is 5.70. The Morgan fingerprint density at radius 2 is 1.77 bits per heavy atom. The number of carbonyl (C=O) groups is 2. The van der Waals surface area contributed by atoms with Gasteiger partial charge in [0.2, 0.25) is 11.8 Å². The molecule has 0 saturated carbocycles. The molecule has 1 aromatic rings. The Kier molecular flexibility index (Phi) is 8.80. The van der Waals surface area contributed by atoms with Crippen LogP contribution >= 0.6 is 0 Å². The molecular formula is C25H36N2O4. The lowest BCUT2D eigenvalue weighted by molar-refractivity contribution is -0.140. The van der Waals surface area contributed by atoms with E-state index < -0.39 is 0 Å². The zero-order chi connectivity index (χ0) is 22.1. The summed E-state index contributed by atoms with van der Waals surface area (Å²) in [5.41, 5.74) is 0.892. The molecule has 3 rings (SSSR count). The maximum Gasteiger partial charge on any atom is 0.246 e. The van der Waals surface area contributed by atoms with E-state index in [4.69, 9.17) is 9.47 Å². The minimum absolute atomic E-state index is 0.00823. The van der Waals surface area contributed by atoms with E-state index in [9.17, 15) is 9.59 Å². The Hall–Kier alpha value is -2.50. The Morgan fingerprint density at radius 3 is 2.45 bits per heavy atom. The van der Waals surface area contributed by atoms with E-state index in [1.807, 2.05) is 34.1 Å². The molecule has 2 aliphatic heterocycles. The molecule has 1 aromatic carbocycles. The highest BCUT2D eigenvalue weighted by atomic mass is 16.5. The molecule has 6 heteroatoms. The van der Waals surface area contributed by atoms with Crippen molar-refractivity contribution in [3.63, 3.8) is 0 Å². The number of nitrogens with zero attached hydrogens (tertiary/aromatic N) is 2. The third kappa shape index (κ3) is 6.49. The van der Waals surface area contributed by atoms with Crippen LogP contribution in [0.3, 0.4) is 0 Å². The second-order valence-corrected chi connectivity index (χ2v) is 8.43. The number of hydrogen-bond donors (Lipinski definition) is 0. The summed E-state index contributed by atoms with van der Waals surface area (Å²) in [6.45, 7) is 5.86. The second kappa shape index (κ2) is 11.8. The van der Waals surface area contributed by atoms with Crippen LogP contribution < -0.4 is 9.47 Å². The van der Waals surface area contributed by atoms with Crippen molar-refractivity contribution in [1.29, 1.82) is 0 Å². The van der Waals surface area contributed by atoms with E-state index in [0.717, 1.165) is 62.9 Å². The molecule has 170 valence electrons. The van der Waals surface area contributed by atoms with Crippen LogP contribution in [0.2, 0.25) is 0 Å². The number of unbranched alkanes of at least 4 members (excludes halogenated alkanes) is 1. The van der Waals surface area contributed by atoms with Crippen molar-refractivity contribution in [2.45, 2.75) is 51.9 Å². The lowest BCUT2D eigenvalue weighted by Gasteiger charge is -2.35. The summed E-state index contributed by atoms with van der Waals surface area (Å²) < 4.78 is 11.2. The first-order valence-electron chi connectivity index (χ1n) is 11.7. The molecule has 0 aromatic heterocycles. The van der Waals surface area contributed by atoms with E-state index >= 15 is 0 Å². The van der Waals surface area contributed by atoms with Crippen LogP contribution in [0.25, 0.3) is 6.08 Å². The topological polar surface area (TPSA) is 59.1 Å². The van der Waals surface area contributed by atoms with E-state index in [2.05, 4.69) is 6.92 Å². The molecule has 0 atom stereocenters. The molecule has 2 fully saturated rings. The van der Waals surface area contributed by atoms with Gasteiger partial charge in [-0.15, -0.1) is 0 Å². The van der Waals surface area contributed by atoms with Gasteiger partial charge in [-0.3, -0.25) is 9.59 Å². The van der Waals surface area contributed by atoms with Crippen molar-refractivity contribution in [2.24, 2.45) is 5.92 Å². The van der Waals surface area contributed by atoms with Gasteiger partial charge in [0.15, 0.2) is 11.5 Å². The second-order valence-electron chi connectivity index (χ2n) is 8.43. The summed E-state index contributed by atoms with van der Waals surface area (Å²) in [6.07, 6.45) is 10.5. The Bertz CT molecular complexity index is 763. The molecule has 2 heterocycles. The minimum atomic E-state index is -0.00823. The predicted molar refractivity (Wildman–Crippen MR) is 122 cm³/mol. The smallest absolute Gasteiger partial charge is 0.246 e. The molecule has 0 bridgehead atoms. The monoisotopic (exact) mass is 428 g/mol. The van der Waals surface area contributed by atoms with E-state index in [1.54, 1.807) is 13.2 Å². The van der Waals surface area contributed by atoms with Gasteiger partial charge in [0, 0.05) is 38.2 Å². The fraction of sp³-hybridized carbons (Fsp3) is 0.600. The SMILES string of the molecule is CCCCOc1ccc(/C=C/C(=O)N2CCC(C(=O)N3CCCCC3)CC2)cc1OC. The molecule has 31 heavy (non-hydrogen) atoms. The highest BCUT2D eigenvalue weighted by molar-refractivity contribution is 5.92. The number of rotatable bonds is 8. The summed E-state index contributed by atoms with van der Waals surface area (Å²) in [4.78, 5) is 29.2. The minimum Gasteiger partial charge on any atom is -0.493 e. The molecule has 2 saturated heterocycles. The third-order valence-electron chi connectivity index (χ3n) is 6.19. The van der Waals surface area contributed by atoms with Crippen molar-refractivity contribution in [2.75, 3.05) is 39.9 Å². The molecule has 0 aliphatic carbocycles. The summed E-state index contributed by atoms with van der Waals surface area (Å²) >= 11 is 0. The molecule has 0 radical (unpaired) electrons. The fourth-order valence-corrected chi connectivity index (χ4v) is 4.23. The number of likely N-dealkylation sites (tertiary alicyclic amines) is 2.